The number of anilines is 1. The highest BCUT2D eigenvalue weighted by Gasteiger charge is 2.15. The van der Waals surface area contributed by atoms with Crippen LogP contribution in [-0.4, -0.2) is 44.9 Å². The number of benzene rings is 1. The number of hydrogen-bond acceptors (Lipinski definition) is 8. The summed E-state index contributed by atoms with van der Waals surface area (Å²) < 4.78 is 11.2. The monoisotopic (exact) mass is 401 g/mol. The van der Waals surface area contributed by atoms with Gasteiger partial charge in [-0.05, 0) is 26.0 Å². The molecule has 28 heavy (non-hydrogen) atoms. The van der Waals surface area contributed by atoms with Crippen molar-refractivity contribution in [2.24, 2.45) is 0 Å². The molecule has 0 unspecified atom stereocenters. The number of aryl methyl sites for hydroxylation is 2. The molecule has 0 aliphatic carbocycles. The number of amides is 1. The van der Waals surface area contributed by atoms with Crippen molar-refractivity contribution in [1.29, 1.82) is 0 Å². The minimum atomic E-state index is -0.580. The molecule has 3 rings (SSSR count). The van der Waals surface area contributed by atoms with Crippen LogP contribution in [0.2, 0.25) is 0 Å². The highest BCUT2D eigenvalue weighted by Crippen LogP contribution is 2.22. The van der Waals surface area contributed by atoms with Crippen LogP contribution in [0.25, 0.3) is 5.69 Å². The second-order valence-corrected chi connectivity index (χ2v) is 6.89. The number of ether oxygens (including phenoxy) is 1. The number of rotatable bonds is 7. The van der Waals surface area contributed by atoms with Gasteiger partial charge in [-0.2, -0.15) is 0 Å². The van der Waals surface area contributed by atoms with E-state index in [1.807, 2.05) is 13.8 Å². The molecule has 0 saturated heterocycles. The molecule has 3 aromatic rings. The predicted molar refractivity (Wildman–Crippen MR) is 103 cm³/mol. The summed E-state index contributed by atoms with van der Waals surface area (Å²) in [6.45, 7) is 3.73. The predicted octanol–water partition coefficient (Wildman–Crippen LogP) is 2.53. The third-order valence-electron chi connectivity index (χ3n) is 3.97. The van der Waals surface area contributed by atoms with Crippen molar-refractivity contribution in [2.45, 2.75) is 19.6 Å². The Hall–Kier alpha value is -3.14. The van der Waals surface area contributed by atoms with Crippen LogP contribution in [0, 0.1) is 13.8 Å². The molecule has 1 aromatic carbocycles. The molecule has 0 spiro atoms. The topological polar surface area (TPSA) is 112 Å². The molecule has 1 N–H and O–H groups in total. The summed E-state index contributed by atoms with van der Waals surface area (Å²) in [7, 11) is 1.27. The molecule has 0 saturated carbocycles. The van der Waals surface area contributed by atoms with Crippen LogP contribution in [-0.2, 0) is 15.3 Å². The minimum Gasteiger partial charge on any atom is -0.464 e. The van der Waals surface area contributed by atoms with E-state index in [-0.39, 0.29) is 17.4 Å². The molecule has 0 aliphatic heterocycles. The maximum absolute atomic E-state index is 12.4. The van der Waals surface area contributed by atoms with E-state index in [0.717, 1.165) is 17.0 Å². The van der Waals surface area contributed by atoms with Gasteiger partial charge >= 0.3 is 5.97 Å². The van der Waals surface area contributed by atoms with Gasteiger partial charge < -0.3 is 14.6 Å². The van der Waals surface area contributed by atoms with Crippen molar-refractivity contribution in [1.82, 2.24) is 20.2 Å². The second kappa shape index (κ2) is 8.70. The molecular weight excluding hydrogens is 382 g/mol. The number of esters is 1. The summed E-state index contributed by atoms with van der Waals surface area (Å²) in [5.74, 6) is 0.940. The number of carbonyl (C=O) groups is 2. The molecule has 0 fully saturated rings. The Morgan fingerprint density at radius 2 is 2.07 bits per heavy atom. The van der Waals surface area contributed by atoms with Gasteiger partial charge in [0.05, 0.1) is 36.1 Å². The molecule has 0 bridgehead atoms. The SMILES string of the molecule is COC(=O)c1cn(-c2ccccc2NC(=O)CSCc2c(C)noc2C)nn1. The summed E-state index contributed by atoms with van der Waals surface area (Å²) in [6, 6.07) is 7.12. The lowest BCUT2D eigenvalue weighted by Crippen LogP contribution is -2.16. The van der Waals surface area contributed by atoms with Crippen molar-refractivity contribution in [2.75, 3.05) is 18.2 Å². The van der Waals surface area contributed by atoms with Gasteiger partial charge in [0.1, 0.15) is 5.76 Å². The quantitative estimate of drug-likeness (QED) is 0.601. The number of para-hydroxylation sites is 2. The van der Waals surface area contributed by atoms with Crippen molar-refractivity contribution in [3.8, 4) is 5.69 Å². The van der Waals surface area contributed by atoms with E-state index in [0.29, 0.717) is 17.1 Å². The molecular formula is C18H19N5O4S. The van der Waals surface area contributed by atoms with Crippen LogP contribution >= 0.6 is 11.8 Å². The lowest BCUT2D eigenvalue weighted by Gasteiger charge is -2.10. The summed E-state index contributed by atoms with van der Waals surface area (Å²) in [5, 5.41) is 14.5. The summed E-state index contributed by atoms with van der Waals surface area (Å²) in [4.78, 5) is 23.9. The first-order chi connectivity index (χ1) is 13.5. The third-order valence-corrected chi connectivity index (χ3v) is 4.93. The summed E-state index contributed by atoms with van der Waals surface area (Å²) in [5.41, 5.74) is 3.08. The zero-order valence-corrected chi connectivity index (χ0v) is 16.4. The third kappa shape index (κ3) is 4.39. The lowest BCUT2D eigenvalue weighted by atomic mass is 10.2. The molecule has 9 nitrogen and oxygen atoms in total. The average molecular weight is 401 g/mol. The Labute approximate surface area is 165 Å². The summed E-state index contributed by atoms with van der Waals surface area (Å²) in [6.07, 6.45) is 1.45. The number of carbonyl (C=O) groups excluding carboxylic acids is 2. The fraction of sp³-hybridized carbons (Fsp3) is 0.278. The standard InChI is InChI=1S/C18H19N5O4S/c1-11-13(12(2)27-21-11)9-28-10-17(24)19-14-6-4-5-7-16(14)23-8-15(20-22-23)18(25)26-3/h4-8H,9-10H2,1-3H3,(H,19,24). The van der Waals surface area contributed by atoms with Crippen LogP contribution in [0.3, 0.4) is 0 Å². The number of aromatic nitrogens is 4. The van der Waals surface area contributed by atoms with E-state index in [1.54, 1.807) is 24.3 Å². The van der Waals surface area contributed by atoms with E-state index in [4.69, 9.17) is 4.52 Å². The molecule has 2 aromatic heterocycles. The second-order valence-electron chi connectivity index (χ2n) is 5.90. The maximum atomic E-state index is 12.4. The number of thioether (sulfide) groups is 1. The first-order valence-electron chi connectivity index (χ1n) is 8.39. The molecule has 10 heteroatoms. The molecule has 1 amide bonds. The Morgan fingerprint density at radius 1 is 1.29 bits per heavy atom. The molecule has 2 heterocycles. The average Bonchev–Trinajstić information content (AvgIpc) is 3.30. The van der Waals surface area contributed by atoms with E-state index in [9.17, 15) is 9.59 Å². The van der Waals surface area contributed by atoms with Crippen molar-refractivity contribution in [3.63, 3.8) is 0 Å². The fourth-order valence-electron chi connectivity index (χ4n) is 2.50. The van der Waals surface area contributed by atoms with Crippen LogP contribution in [0.15, 0.2) is 35.0 Å². The first kappa shape index (κ1) is 19.6. The Kier molecular flexibility index (Phi) is 6.09. The molecule has 0 atom stereocenters. The highest BCUT2D eigenvalue weighted by atomic mass is 32.2. The van der Waals surface area contributed by atoms with Crippen molar-refractivity contribution >= 4 is 29.3 Å². The maximum Gasteiger partial charge on any atom is 0.360 e. The number of nitrogens with one attached hydrogen (secondary N) is 1. The van der Waals surface area contributed by atoms with Crippen LogP contribution < -0.4 is 5.32 Å². The highest BCUT2D eigenvalue weighted by molar-refractivity contribution is 7.99. The van der Waals surface area contributed by atoms with Crippen molar-refractivity contribution < 1.29 is 18.8 Å². The zero-order chi connectivity index (χ0) is 20.1. The van der Waals surface area contributed by atoms with Gasteiger partial charge in [0, 0.05) is 11.3 Å². The van der Waals surface area contributed by atoms with Gasteiger partial charge in [0.15, 0.2) is 5.69 Å². The number of nitrogens with zero attached hydrogens (tertiary/aromatic N) is 4. The molecule has 0 aliphatic rings. The lowest BCUT2D eigenvalue weighted by molar-refractivity contribution is -0.113. The van der Waals surface area contributed by atoms with Crippen LogP contribution in [0.4, 0.5) is 5.69 Å². The zero-order valence-electron chi connectivity index (χ0n) is 15.6. The smallest absolute Gasteiger partial charge is 0.360 e. The number of methoxy groups -OCH3 is 1. The number of hydrogen-bond donors (Lipinski definition) is 1. The Bertz CT molecular complexity index is 978. The van der Waals surface area contributed by atoms with E-state index < -0.39 is 5.97 Å². The molecule has 0 radical (unpaired) electrons. The van der Waals surface area contributed by atoms with E-state index in [1.165, 1.54) is 29.8 Å². The van der Waals surface area contributed by atoms with Crippen LogP contribution in [0.1, 0.15) is 27.5 Å². The van der Waals surface area contributed by atoms with Crippen LogP contribution in [0.5, 0.6) is 0 Å². The minimum absolute atomic E-state index is 0.0821. The van der Waals surface area contributed by atoms with Crippen molar-refractivity contribution in [3.05, 3.63) is 53.2 Å². The Balaban J connectivity index is 1.65. The van der Waals surface area contributed by atoms with Gasteiger partial charge in [-0.25, -0.2) is 9.48 Å². The van der Waals surface area contributed by atoms with E-state index >= 15 is 0 Å². The first-order valence-corrected chi connectivity index (χ1v) is 9.54. The fourth-order valence-corrected chi connectivity index (χ4v) is 3.47. The van der Waals surface area contributed by atoms with Gasteiger partial charge in [-0.1, -0.05) is 22.5 Å². The Morgan fingerprint density at radius 3 is 2.79 bits per heavy atom. The van der Waals surface area contributed by atoms with E-state index in [2.05, 4.69) is 25.5 Å². The van der Waals surface area contributed by atoms with Gasteiger partial charge in [-0.3, -0.25) is 4.79 Å². The van der Waals surface area contributed by atoms with Gasteiger partial charge in [0.25, 0.3) is 0 Å². The molecule has 146 valence electrons. The largest absolute Gasteiger partial charge is 0.464 e. The van der Waals surface area contributed by atoms with Gasteiger partial charge in [-0.15, -0.1) is 16.9 Å². The summed E-state index contributed by atoms with van der Waals surface area (Å²) >= 11 is 1.47. The normalized spacial score (nSPS) is 10.7. The van der Waals surface area contributed by atoms with Gasteiger partial charge in [0.2, 0.25) is 5.91 Å².